The number of para-hydroxylation sites is 2. The standard InChI is InChI=1S/C56H56N2S2/c1-3-5-7-15-21-53-39-41-55(59-53)45-27-35-51(36-28-45)57(47-17-11-9-12-18-47)49-31-23-43(24-32-49)44-25-33-50(34-26-44)58(48-19-13-10-14-20-48)52-37-29-46(30-38-52)56-42-40-54(60-56)22-16-8-6-4-2/h9-14,17-20,23-42H,3-8,15-16,21-22H2,1-2H3. The molecule has 8 aromatic rings. The Morgan fingerprint density at radius 1 is 0.300 bits per heavy atom. The second kappa shape index (κ2) is 20.5. The first kappa shape index (κ1) is 41.1. The molecular formula is C56H56N2S2. The van der Waals surface area contributed by atoms with Crippen LogP contribution >= 0.6 is 22.7 Å². The van der Waals surface area contributed by atoms with Crippen molar-refractivity contribution in [2.24, 2.45) is 0 Å². The SMILES string of the molecule is CCCCCCc1ccc(-c2ccc(N(c3ccccc3)c3ccc(-c4ccc(N(c5ccccc5)c5ccc(-c6ccc(CCCCCC)s6)cc5)cc4)cc3)cc2)s1. The molecule has 60 heavy (non-hydrogen) atoms. The van der Waals surface area contributed by atoms with Crippen molar-refractivity contribution in [1.82, 2.24) is 0 Å². The molecule has 6 aromatic carbocycles. The summed E-state index contributed by atoms with van der Waals surface area (Å²) in [4.78, 5) is 10.4. The topological polar surface area (TPSA) is 6.48 Å². The Morgan fingerprint density at radius 2 is 0.617 bits per heavy atom. The highest BCUT2D eigenvalue weighted by atomic mass is 32.1. The van der Waals surface area contributed by atoms with Gasteiger partial charge >= 0.3 is 0 Å². The molecular weight excluding hydrogens is 765 g/mol. The Kier molecular flexibility index (Phi) is 14.1. The van der Waals surface area contributed by atoms with E-state index in [1.807, 2.05) is 22.7 Å². The third-order valence-corrected chi connectivity index (χ3v) is 13.7. The van der Waals surface area contributed by atoms with Crippen LogP contribution in [0.3, 0.4) is 0 Å². The quantitative estimate of drug-likeness (QED) is 0.0750. The molecule has 0 N–H and O–H groups in total. The first-order chi connectivity index (χ1) is 29.7. The first-order valence-corrected chi connectivity index (χ1v) is 23.6. The van der Waals surface area contributed by atoms with Crippen LogP contribution in [0.4, 0.5) is 34.1 Å². The van der Waals surface area contributed by atoms with Gasteiger partial charge in [0, 0.05) is 53.6 Å². The molecule has 2 aromatic heterocycles. The van der Waals surface area contributed by atoms with Gasteiger partial charge in [-0.05, 0) is 145 Å². The fraction of sp³-hybridized carbons (Fsp3) is 0.214. The van der Waals surface area contributed by atoms with E-state index in [9.17, 15) is 0 Å². The van der Waals surface area contributed by atoms with Crippen LogP contribution in [0.25, 0.3) is 32.0 Å². The fourth-order valence-corrected chi connectivity index (χ4v) is 10.1. The monoisotopic (exact) mass is 820 g/mol. The molecule has 0 saturated heterocycles. The summed E-state index contributed by atoms with van der Waals surface area (Å²) < 4.78 is 0. The summed E-state index contributed by atoms with van der Waals surface area (Å²) in [5.41, 5.74) is 11.8. The molecule has 2 nitrogen and oxygen atoms in total. The normalized spacial score (nSPS) is 11.2. The molecule has 2 heterocycles. The summed E-state index contributed by atoms with van der Waals surface area (Å²) >= 11 is 3.87. The number of thiophene rings is 2. The highest BCUT2D eigenvalue weighted by Crippen LogP contribution is 2.40. The van der Waals surface area contributed by atoms with Crippen LogP contribution in [-0.2, 0) is 12.8 Å². The average molecular weight is 821 g/mol. The van der Waals surface area contributed by atoms with Crippen molar-refractivity contribution in [2.75, 3.05) is 9.80 Å². The molecule has 0 radical (unpaired) electrons. The van der Waals surface area contributed by atoms with Gasteiger partial charge in [-0.2, -0.15) is 0 Å². The van der Waals surface area contributed by atoms with Gasteiger partial charge in [-0.15, -0.1) is 22.7 Å². The summed E-state index contributed by atoms with van der Waals surface area (Å²) in [6.07, 6.45) is 12.8. The highest BCUT2D eigenvalue weighted by molar-refractivity contribution is 7.15. The van der Waals surface area contributed by atoms with Crippen molar-refractivity contribution in [3.8, 4) is 32.0 Å². The van der Waals surface area contributed by atoms with E-state index in [1.54, 1.807) is 0 Å². The lowest BCUT2D eigenvalue weighted by Gasteiger charge is -2.26. The average Bonchev–Trinajstić information content (AvgIpc) is 3.99. The summed E-state index contributed by atoms with van der Waals surface area (Å²) in [5, 5.41) is 0. The van der Waals surface area contributed by atoms with Crippen molar-refractivity contribution in [3.63, 3.8) is 0 Å². The van der Waals surface area contributed by atoms with Gasteiger partial charge in [-0.1, -0.05) is 137 Å². The number of hydrogen-bond acceptors (Lipinski definition) is 4. The first-order valence-electron chi connectivity index (χ1n) is 22.0. The van der Waals surface area contributed by atoms with Gasteiger partial charge in [0.15, 0.2) is 0 Å². The van der Waals surface area contributed by atoms with E-state index < -0.39 is 0 Å². The molecule has 302 valence electrons. The molecule has 0 fully saturated rings. The van der Waals surface area contributed by atoms with E-state index >= 15 is 0 Å². The maximum Gasteiger partial charge on any atom is 0.0462 e. The van der Waals surface area contributed by atoms with Crippen LogP contribution in [0.15, 0.2) is 182 Å². The molecule has 0 aliphatic heterocycles. The van der Waals surface area contributed by atoms with E-state index in [1.165, 1.54) is 106 Å². The number of nitrogens with zero attached hydrogens (tertiary/aromatic N) is 2. The van der Waals surface area contributed by atoms with Gasteiger partial charge in [-0.25, -0.2) is 0 Å². The van der Waals surface area contributed by atoms with Crippen molar-refractivity contribution in [1.29, 1.82) is 0 Å². The molecule has 0 aliphatic rings. The van der Waals surface area contributed by atoms with Crippen LogP contribution in [-0.4, -0.2) is 0 Å². The number of unbranched alkanes of at least 4 members (excludes halogenated alkanes) is 6. The zero-order valence-corrected chi connectivity index (χ0v) is 36.7. The summed E-state index contributed by atoms with van der Waals surface area (Å²) in [7, 11) is 0. The third-order valence-electron chi connectivity index (χ3n) is 11.3. The molecule has 0 unspecified atom stereocenters. The van der Waals surface area contributed by atoms with Gasteiger partial charge < -0.3 is 9.80 Å². The summed E-state index contributed by atoms with van der Waals surface area (Å²) in [5.74, 6) is 0. The zero-order chi connectivity index (χ0) is 40.9. The van der Waals surface area contributed by atoms with Crippen LogP contribution in [0.5, 0.6) is 0 Å². The molecule has 8 rings (SSSR count). The molecule has 0 spiro atoms. The predicted octanol–water partition coefficient (Wildman–Crippen LogP) is 18.0. The Bertz CT molecular complexity index is 2300. The largest absolute Gasteiger partial charge is 0.311 e. The number of aryl methyl sites for hydroxylation is 2. The van der Waals surface area contributed by atoms with Gasteiger partial charge in [-0.3, -0.25) is 0 Å². The minimum Gasteiger partial charge on any atom is -0.311 e. The van der Waals surface area contributed by atoms with Crippen molar-refractivity contribution >= 4 is 56.8 Å². The second-order valence-electron chi connectivity index (χ2n) is 15.7. The smallest absolute Gasteiger partial charge is 0.0462 e. The maximum absolute atomic E-state index is 2.35. The van der Waals surface area contributed by atoms with Gasteiger partial charge in [0.25, 0.3) is 0 Å². The predicted molar refractivity (Wildman–Crippen MR) is 264 cm³/mol. The van der Waals surface area contributed by atoms with Crippen molar-refractivity contribution in [2.45, 2.75) is 78.1 Å². The van der Waals surface area contributed by atoms with E-state index in [-0.39, 0.29) is 0 Å². The van der Waals surface area contributed by atoms with E-state index in [2.05, 4.69) is 206 Å². The lowest BCUT2D eigenvalue weighted by atomic mass is 10.0. The van der Waals surface area contributed by atoms with Crippen LogP contribution in [0.1, 0.15) is 75.0 Å². The molecule has 0 atom stereocenters. The Hall–Kier alpha value is -5.68. The van der Waals surface area contributed by atoms with Gasteiger partial charge in [0.2, 0.25) is 0 Å². The Morgan fingerprint density at radius 3 is 0.950 bits per heavy atom. The number of benzene rings is 6. The Labute approximate surface area is 366 Å². The highest BCUT2D eigenvalue weighted by Gasteiger charge is 2.16. The van der Waals surface area contributed by atoms with E-state index in [4.69, 9.17) is 0 Å². The molecule has 0 amide bonds. The number of hydrogen-bond donors (Lipinski definition) is 0. The molecule has 4 heteroatoms. The van der Waals surface area contributed by atoms with Gasteiger partial charge in [0.1, 0.15) is 0 Å². The number of anilines is 6. The summed E-state index contributed by atoms with van der Waals surface area (Å²) in [6.45, 7) is 4.55. The second-order valence-corrected chi connectivity index (χ2v) is 18.0. The maximum atomic E-state index is 2.35. The lowest BCUT2D eigenvalue weighted by molar-refractivity contribution is 0.670. The third kappa shape index (κ3) is 10.2. The van der Waals surface area contributed by atoms with Crippen LogP contribution < -0.4 is 9.80 Å². The molecule has 0 saturated carbocycles. The van der Waals surface area contributed by atoms with Crippen LogP contribution in [0, 0.1) is 0 Å². The summed E-state index contributed by atoms with van der Waals surface area (Å²) in [6, 6.07) is 66.7. The number of rotatable bonds is 19. The van der Waals surface area contributed by atoms with E-state index in [0.29, 0.717) is 0 Å². The molecule has 0 bridgehead atoms. The Balaban J connectivity index is 0.996. The fourth-order valence-electron chi connectivity index (χ4n) is 7.99. The van der Waals surface area contributed by atoms with Crippen molar-refractivity contribution in [3.05, 3.63) is 192 Å². The minimum absolute atomic E-state index is 1.13. The van der Waals surface area contributed by atoms with E-state index in [0.717, 1.165) is 34.1 Å². The lowest BCUT2D eigenvalue weighted by Crippen LogP contribution is -2.10. The van der Waals surface area contributed by atoms with Gasteiger partial charge in [0.05, 0.1) is 0 Å². The molecule has 0 aliphatic carbocycles. The zero-order valence-electron chi connectivity index (χ0n) is 35.1. The van der Waals surface area contributed by atoms with Crippen LogP contribution in [0.2, 0.25) is 0 Å². The minimum atomic E-state index is 1.13. The van der Waals surface area contributed by atoms with Crippen molar-refractivity contribution < 1.29 is 0 Å².